The summed E-state index contributed by atoms with van der Waals surface area (Å²) in [4.78, 5) is 23.5. The minimum absolute atomic E-state index is 0.0803. The lowest BCUT2D eigenvalue weighted by Crippen LogP contribution is -2.35. The van der Waals surface area contributed by atoms with E-state index in [1.54, 1.807) is 12.1 Å². The highest BCUT2D eigenvalue weighted by Crippen LogP contribution is 2.29. The van der Waals surface area contributed by atoms with E-state index in [2.05, 4.69) is 10.0 Å². The number of carbonyl (C=O) groups is 2. The van der Waals surface area contributed by atoms with Gasteiger partial charge in [0.15, 0.2) is 0 Å². The molecule has 7 nitrogen and oxygen atoms in total. The third-order valence-corrected chi connectivity index (χ3v) is 6.20. The second-order valence-corrected chi connectivity index (χ2v) is 8.28. The molecular weight excluding hydrogens is 344 g/mol. The molecule has 1 atom stereocenters. The van der Waals surface area contributed by atoms with Crippen LogP contribution in [0.1, 0.15) is 44.2 Å². The van der Waals surface area contributed by atoms with Crippen molar-refractivity contribution in [3.63, 3.8) is 0 Å². The summed E-state index contributed by atoms with van der Waals surface area (Å²) in [6.07, 6.45) is 2.21. The summed E-state index contributed by atoms with van der Waals surface area (Å²) in [7, 11) is -2.13. The lowest BCUT2D eigenvalue weighted by Gasteiger charge is -2.26. The van der Waals surface area contributed by atoms with Gasteiger partial charge in [0.2, 0.25) is 15.9 Å². The average Bonchev–Trinajstić information content (AvgIpc) is 2.61. The van der Waals surface area contributed by atoms with Gasteiger partial charge in [0.05, 0.1) is 16.9 Å². The van der Waals surface area contributed by atoms with Crippen LogP contribution < -0.4 is 10.0 Å². The first-order chi connectivity index (χ1) is 11.7. The predicted octanol–water partition coefficient (Wildman–Crippen LogP) is 1.66. The van der Waals surface area contributed by atoms with Gasteiger partial charge < -0.3 is 10.4 Å². The second-order valence-electron chi connectivity index (χ2n) is 6.39. The maximum Gasteiger partial charge on any atom is 0.306 e. The van der Waals surface area contributed by atoms with Gasteiger partial charge in [0.25, 0.3) is 0 Å². The van der Waals surface area contributed by atoms with Crippen LogP contribution >= 0.6 is 0 Å². The van der Waals surface area contributed by atoms with Crippen LogP contribution in [0.4, 0.5) is 0 Å². The molecule has 1 saturated carbocycles. The van der Waals surface area contributed by atoms with E-state index in [-0.39, 0.29) is 28.7 Å². The molecule has 1 unspecified atom stereocenters. The van der Waals surface area contributed by atoms with Crippen LogP contribution in [0.25, 0.3) is 0 Å². The maximum absolute atomic E-state index is 12.4. The Balaban J connectivity index is 1.94. The number of sulfonamides is 1. The predicted molar refractivity (Wildman–Crippen MR) is 92.3 cm³/mol. The standard InChI is InChI=1S/C17H24N2O5S/c1-11(12-7-9-15(10-8-12)25(23,24)18-2)19-16(20)13-3-5-14(6-4-13)17(21)22/h7-11,13-14,18H,3-6H2,1-2H3,(H,19,20)(H,21,22). The number of hydrogen-bond acceptors (Lipinski definition) is 4. The minimum atomic E-state index is -3.48. The van der Waals surface area contributed by atoms with E-state index in [4.69, 9.17) is 5.11 Å². The number of amides is 1. The van der Waals surface area contributed by atoms with Crippen LogP contribution in [-0.2, 0) is 19.6 Å². The Labute approximate surface area is 147 Å². The zero-order valence-electron chi connectivity index (χ0n) is 14.4. The largest absolute Gasteiger partial charge is 0.481 e. The Morgan fingerprint density at radius 1 is 1.08 bits per heavy atom. The number of nitrogens with one attached hydrogen (secondary N) is 2. The third-order valence-electron chi connectivity index (χ3n) is 4.77. The molecule has 0 aliphatic heterocycles. The fourth-order valence-corrected chi connectivity index (χ4v) is 3.80. The fraction of sp³-hybridized carbons (Fsp3) is 0.529. The van der Waals surface area contributed by atoms with Gasteiger partial charge in [-0.25, -0.2) is 13.1 Å². The molecule has 1 aliphatic carbocycles. The molecule has 0 heterocycles. The zero-order chi connectivity index (χ0) is 18.6. The van der Waals surface area contributed by atoms with Gasteiger partial charge in [-0.05, 0) is 57.4 Å². The van der Waals surface area contributed by atoms with E-state index >= 15 is 0 Å². The zero-order valence-corrected chi connectivity index (χ0v) is 15.2. The van der Waals surface area contributed by atoms with E-state index < -0.39 is 16.0 Å². The molecule has 0 aromatic heterocycles. The van der Waals surface area contributed by atoms with Gasteiger partial charge in [0.1, 0.15) is 0 Å². The molecule has 1 fully saturated rings. The van der Waals surface area contributed by atoms with Crippen molar-refractivity contribution in [1.82, 2.24) is 10.0 Å². The van der Waals surface area contributed by atoms with E-state index in [0.29, 0.717) is 25.7 Å². The molecule has 1 aromatic rings. The fourth-order valence-electron chi connectivity index (χ4n) is 3.07. The Hall–Kier alpha value is -1.93. The lowest BCUT2D eigenvalue weighted by molar-refractivity contribution is -0.144. The summed E-state index contributed by atoms with van der Waals surface area (Å²) < 4.78 is 25.7. The van der Waals surface area contributed by atoms with Crippen molar-refractivity contribution in [1.29, 1.82) is 0 Å². The maximum atomic E-state index is 12.4. The number of rotatable bonds is 6. The molecule has 1 amide bonds. The molecule has 0 radical (unpaired) electrons. The molecular formula is C17H24N2O5S. The van der Waals surface area contributed by atoms with Crippen LogP contribution in [0.3, 0.4) is 0 Å². The van der Waals surface area contributed by atoms with Gasteiger partial charge in [-0.2, -0.15) is 0 Å². The molecule has 1 aromatic carbocycles. The molecule has 8 heteroatoms. The van der Waals surface area contributed by atoms with Crippen LogP contribution in [-0.4, -0.2) is 32.4 Å². The van der Waals surface area contributed by atoms with Crippen molar-refractivity contribution < 1.29 is 23.1 Å². The van der Waals surface area contributed by atoms with E-state index in [0.717, 1.165) is 5.56 Å². The number of carbonyl (C=O) groups excluding carboxylic acids is 1. The summed E-state index contributed by atoms with van der Waals surface area (Å²) >= 11 is 0. The number of benzene rings is 1. The average molecular weight is 368 g/mol. The normalized spacial score (nSPS) is 22.2. The number of hydrogen-bond donors (Lipinski definition) is 3. The molecule has 3 N–H and O–H groups in total. The quantitative estimate of drug-likeness (QED) is 0.707. The first-order valence-electron chi connectivity index (χ1n) is 8.31. The Bertz CT molecular complexity index is 722. The molecule has 25 heavy (non-hydrogen) atoms. The molecule has 0 saturated heterocycles. The SMILES string of the molecule is CNS(=O)(=O)c1ccc(C(C)NC(=O)C2CCC(C(=O)O)CC2)cc1. The molecule has 2 rings (SSSR count). The van der Waals surface area contributed by atoms with Gasteiger partial charge in [-0.1, -0.05) is 12.1 Å². The van der Waals surface area contributed by atoms with Crippen molar-refractivity contribution >= 4 is 21.9 Å². The van der Waals surface area contributed by atoms with Crippen LogP contribution in [0, 0.1) is 11.8 Å². The van der Waals surface area contributed by atoms with Gasteiger partial charge in [-0.3, -0.25) is 9.59 Å². The van der Waals surface area contributed by atoms with Crippen molar-refractivity contribution in [2.24, 2.45) is 11.8 Å². The molecule has 0 bridgehead atoms. The lowest BCUT2D eigenvalue weighted by atomic mass is 9.81. The Kier molecular flexibility index (Phi) is 6.18. The summed E-state index contributed by atoms with van der Waals surface area (Å²) in [5.41, 5.74) is 0.808. The van der Waals surface area contributed by atoms with Gasteiger partial charge in [-0.15, -0.1) is 0 Å². The van der Waals surface area contributed by atoms with Crippen LogP contribution in [0.5, 0.6) is 0 Å². The number of aliphatic carboxylic acids is 1. The Morgan fingerprint density at radius 2 is 1.60 bits per heavy atom. The highest BCUT2D eigenvalue weighted by Gasteiger charge is 2.30. The highest BCUT2D eigenvalue weighted by molar-refractivity contribution is 7.89. The number of carboxylic acid groups (broad SMARTS) is 1. The van der Waals surface area contributed by atoms with Crippen molar-refractivity contribution in [2.45, 2.75) is 43.5 Å². The molecule has 1 aliphatic rings. The summed E-state index contributed by atoms with van der Waals surface area (Å²) in [5.74, 6) is -1.38. The van der Waals surface area contributed by atoms with Crippen molar-refractivity contribution in [2.75, 3.05) is 7.05 Å². The van der Waals surface area contributed by atoms with Crippen LogP contribution in [0.15, 0.2) is 29.2 Å². The van der Waals surface area contributed by atoms with Gasteiger partial charge >= 0.3 is 5.97 Å². The summed E-state index contributed by atoms with van der Waals surface area (Å²) in [6, 6.07) is 6.10. The first-order valence-corrected chi connectivity index (χ1v) is 9.79. The van der Waals surface area contributed by atoms with Crippen LogP contribution in [0.2, 0.25) is 0 Å². The summed E-state index contributed by atoms with van der Waals surface area (Å²) in [6.45, 7) is 1.84. The van der Waals surface area contributed by atoms with E-state index in [1.165, 1.54) is 19.2 Å². The van der Waals surface area contributed by atoms with E-state index in [1.807, 2.05) is 6.92 Å². The third kappa shape index (κ3) is 4.79. The highest BCUT2D eigenvalue weighted by atomic mass is 32.2. The van der Waals surface area contributed by atoms with Gasteiger partial charge in [0, 0.05) is 5.92 Å². The van der Waals surface area contributed by atoms with Crippen molar-refractivity contribution in [3.8, 4) is 0 Å². The Morgan fingerprint density at radius 3 is 2.08 bits per heavy atom. The first kappa shape index (κ1) is 19.4. The number of carboxylic acids is 1. The molecule has 0 spiro atoms. The minimum Gasteiger partial charge on any atom is -0.481 e. The van der Waals surface area contributed by atoms with Crippen molar-refractivity contribution in [3.05, 3.63) is 29.8 Å². The topological polar surface area (TPSA) is 113 Å². The second kappa shape index (κ2) is 7.97. The van der Waals surface area contributed by atoms with E-state index in [9.17, 15) is 18.0 Å². The molecule has 138 valence electrons. The monoisotopic (exact) mass is 368 g/mol. The summed E-state index contributed by atoms with van der Waals surface area (Å²) in [5, 5.41) is 11.9. The smallest absolute Gasteiger partial charge is 0.306 e.